The van der Waals surface area contributed by atoms with E-state index in [1.54, 1.807) is 15.3 Å². The van der Waals surface area contributed by atoms with Gasteiger partial charge in [-0.25, -0.2) is 14.6 Å². The third kappa shape index (κ3) is 3.18. The van der Waals surface area contributed by atoms with Crippen molar-refractivity contribution in [1.29, 1.82) is 0 Å². The number of amides is 1. The molecule has 156 valence electrons. The third-order valence-electron chi connectivity index (χ3n) is 6.01. The van der Waals surface area contributed by atoms with Crippen molar-refractivity contribution < 1.29 is 9.90 Å². The Kier molecular flexibility index (Phi) is 4.58. The minimum Gasteiger partial charge on any atom is -0.465 e. The van der Waals surface area contributed by atoms with E-state index in [2.05, 4.69) is 24.0 Å². The number of aryl methyl sites for hydroxylation is 1. The van der Waals surface area contributed by atoms with Gasteiger partial charge >= 0.3 is 11.8 Å². The van der Waals surface area contributed by atoms with Crippen LogP contribution < -0.4 is 5.69 Å². The number of hydrogen-bond acceptors (Lipinski definition) is 3. The molecule has 5 rings (SSSR count). The maximum absolute atomic E-state index is 13.5. The van der Waals surface area contributed by atoms with Crippen molar-refractivity contribution >= 4 is 17.3 Å². The number of likely N-dealkylation sites (tertiary alicyclic amines) is 1. The molecular weight excluding hydrogens is 392 g/mol. The molecule has 4 aromatic rings. The molecule has 3 heterocycles. The van der Waals surface area contributed by atoms with Gasteiger partial charge in [-0.15, -0.1) is 0 Å². The van der Waals surface area contributed by atoms with Crippen LogP contribution in [0.15, 0.2) is 71.7 Å². The Morgan fingerprint density at radius 3 is 2.55 bits per heavy atom. The summed E-state index contributed by atoms with van der Waals surface area (Å²) in [5.41, 5.74) is 5.28. The first kappa shape index (κ1) is 19.1. The van der Waals surface area contributed by atoms with E-state index in [0.29, 0.717) is 24.1 Å². The summed E-state index contributed by atoms with van der Waals surface area (Å²) < 4.78 is 3.31. The van der Waals surface area contributed by atoms with Crippen LogP contribution in [0, 0.1) is 6.92 Å². The fraction of sp³-hybridized carbons (Fsp3) is 0.208. The molecule has 0 unspecified atom stereocenters. The second-order valence-corrected chi connectivity index (χ2v) is 7.87. The largest absolute Gasteiger partial charge is 0.465 e. The highest BCUT2D eigenvalue weighted by Crippen LogP contribution is 2.27. The van der Waals surface area contributed by atoms with Gasteiger partial charge in [-0.3, -0.25) is 9.13 Å². The number of rotatable bonds is 3. The molecule has 1 N–H and O–H groups in total. The number of benzene rings is 2. The van der Waals surface area contributed by atoms with Crippen LogP contribution in [-0.2, 0) is 0 Å². The van der Waals surface area contributed by atoms with Crippen molar-refractivity contribution in [2.45, 2.75) is 19.4 Å². The molecule has 0 aliphatic carbocycles. The summed E-state index contributed by atoms with van der Waals surface area (Å²) in [5, 5.41) is 9.30. The highest BCUT2D eigenvalue weighted by Gasteiger charge is 2.31. The molecule has 0 bridgehead atoms. The molecule has 31 heavy (non-hydrogen) atoms. The summed E-state index contributed by atoms with van der Waals surface area (Å²) in [4.78, 5) is 30.6. The minimum absolute atomic E-state index is 0.199. The number of hydrogen-bond donors (Lipinski definition) is 1. The summed E-state index contributed by atoms with van der Waals surface area (Å²) in [5.74, 6) is 0. The van der Waals surface area contributed by atoms with Gasteiger partial charge in [0.05, 0.1) is 17.2 Å². The number of carbonyl (C=O) groups is 1. The van der Waals surface area contributed by atoms with Gasteiger partial charge in [0, 0.05) is 19.3 Å². The predicted molar refractivity (Wildman–Crippen MR) is 119 cm³/mol. The highest BCUT2D eigenvalue weighted by atomic mass is 16.4. The quantitative estimate of drug-likeness (QED) is 0.548. The molecular formula is C24H22N4O3. The van der Waals surface area contributed by atoms with Gasteiger partial charge < -0.3 is 10.0 Å². The Balaban J connectivity index is 1.60. The molecule has 0 spiro atoms. The maximum atomic E-state index is 13.5. The van der Waals surface area contributed by atoms with Crippen molar-refractivity contribution in [3.63, 3.8) is 0 Å². The van der Waals surface area contributed by atoms with Gasteiger partial charge in [-0.2, -0.15) is 0 Å². The Labute approximate surface area is 178 Å². The monoisotopic (exact) mass is 414 g/mol. The number of pyridine rings is 1. The average Bonchev–Trinajstić information content (AvgIpc) is 3.36. The van der Waals surface area contributed by atoms with E-state index in [0.717, 1.165) is 16.8 Å². The lowest BCUT2D eigenvalue weighted by atomic mass is 10.0. The molecule has 1 amide bonds. The van der Waals surface area contributed by atoms with Crippen molar-refractivity contribution in [3.05, 3.63) is 82.9 Å². The smallest absolute Gasteiger partial charge is 0.407 e. The lowest BCUT2D eigenvalue weighted by Gasteiger charge is -2.13. The second-order valence-electron chi connectivity index (χ2n) is 7.87. The van der Waals surface area contributed by atoms with Crippen molar-refractivity contribution in [1.82, 2.24) is 19.0 Å². The van der Waals surface area contributed by atoms with Crippen LogP contribution in [0.4, 0.5) is 4.79 Å². The van der Waals surface area contributed by atoms with Crippen LogP contribution in [0.2, 0.25) is 0 Å². The standard InChI is InChI=1S/C24H22N4O3/c1-16-5-2-3-6-20(16)17-8-10-18(11-9-17)27-21-7-4-13-25-22(21)28(23(27)29)19-12-14-26(15-19)24(30)31/h2-11,13,19H,12,14-15H2,1H3,(H,30,31)/t19-/m0/s1. The summed E-state index contributed by atoms with van der Waals surface area (Å²) in [6, 6.07) is 19.6. The fourth-order valence-corrected chi connectivity index (χ4v) is 4.44. The number of fused-ring (bicyclic) bond motifs is 1. The SMILES string of the molecule is Cc1ccccc1-c1ccc(-n2c(=O)n([C@H]3CCN(C(=O)O)C3)c3ncccc32)cc1. The van der Waals surface area contributed by atoms with Gasteiger partial charge in [-0.1, -0.05) is 36.4 Å². The predicted octanol–water partition coefficient (Wildman–Crippen LogP) is 4.09. The van der Waals surface area contributed by atoms with E-state index < -0.39 is 6.09 Å². The molecule has 7 heteroatoms. The highest BCUT2D eigenvalue weighted by molar-refractivity contribution is 5.75. The zero-order valence-corrected chi connectivity index (χ0v) is 17.1. The van der Waals surface area contributed by atoms with Gasteiger partial charge in [-0.05, 0) is 54.3 Å². The van der Waals surface area contributed by atoms with Crippen LogP contribution in [0.3, 0.4) is 0 Å². The minimum atomic E-state index is -0.959. The Morgan fingerprint density at radius 2 is 1.84 bits per heavy atom. The van der Waals surface area contributed by atoms with Crippen LogP contribution in [0.25, 0.3) is 28.0 Å². The summed E-state index contributed by atoms with van der Waals surface area (Å²) >= 11 is 0. The van der Waals surface area contributed by atoms with Crippen LogP contribution in [0.5, 0.6) is 0 Å². The van der Waals surface area contributed by atoms with E-state index in [9.17, 15) is 14.7 Å². The molecule has 0 saturated carbocycles. The third-order valence-corrected chi connectivity index (χ3v) is 6.01. The fourth-order valence-electron chi connectivity index (χ4n) is 4.44. The zero-order chi connectivity index (χ0) is 21.5. The Hall–Kier alpha value is -3.87. The number of aromatic nitrogens is 3. The topological polar surface area (TPSA) is 80.4 Å². The van der Waals surface area contributed by atoms with Gasteiger partial charge in [0.1, 0.15) is 0 Å². The molecule has 7 nitrogen and oxygen atoms in total. The molecule has 1 saturated heterocycles. The molecule has 1 aliphatic heterocycles. The average molecular weight is 414 g/mol. The first-order valence-corrected chi connectivity index (χ1v) is 10.3. The Bertz CT molecular complexity index is 1340. The lowest BCUT2D eigenvalue weighted by molar-refractivity contribution is 0.154. The maximum Gasteiger partial charge on any atom is 0.407 e. The van der Waals surface area contributed by atoms with E-state index >= 15 is 0 Å². The number of carboxylic acid groups (broad SMARTS) is 1. The summed E-state index contributed by atoms with van der Waals surface area (Å²) in [7, 11) is 0. The molecule has 1 fully saturated rings. The van der Waals surface area contributed by atoms with E-state index in [-0.39, 0.29) is 18.3 Å². The van der Waals surface area contributed by atoms with E-state index in [1.165, 1.54) is 10.5 Å². The van der Waals surface area contributed by atoms with Gasteiger partial charge in [0.2, 0.25) is 0 Å². The van der Waals surface area contributed by atoms with Gasteiger partial charge in [0.15, 0.2) is 5.65 Å². The van der Waals surface area contributed by atoms with Gasteiger partial charge in [0.25, 0.3) is 0 Å². The van der Waals surface area contributed by atoms with Crippen molar-refractivity contribution in [2.24, 2.45) is 0 Å². The lowest BCUT2D eigenvalue weighted by Crippen LogP contribution is -2.31. The summed E-state index contributed by atoms with van der Waals surface area (Å²) in [6.45, 7) is 2.78. The molecule has 2 aromatic carbocycles. The normalized spacial score (nSPS) is 16.2. The second kappa shape index (κ2) is 7.43. The number of imidazole rings is 1. The van der Waals surface area contributed by atoms with E-state index in [1.807, 2.05) is 48.5 Å². The number of nitrogens with zero attached hydrogens (tertiary/aromatic N) is 4. The van der Waals surface area contributed by atoms with Crippen LogP contribution in [0.1, 0.15) is 18.0 Å². The summed E-state index contributed by atoms with van der Waals surface area (Å²) in [6.07, 6.45) is 1.29. The first-order chi connectivity index (χ1) is 15.0. The van der Waals surface area contributed by atoms with Crippen LogP contribution in [-0.4, -0.2) is 43.3 Å². The van der Waals surface area contributed by atoms with Crippen molar-refractivity contribution in [3.8, 4) is 16.8 Å². The first-order valence-electron chi connectivity index (χ1n) is 10.3. The molecule has 1 atom stereocenters. The zero-order valence-electron chi connectivity index (χ0n) is 17.1. The van der Waals surface area contributed by atoms with Crippen LogP contribution >= 0.6 is 0 Å². The Morgan fingerprint density at radius 1 is 1.06 bits per heavy atom. The molecule has 2 aromatic heterocycles. The molecule has 1 aliphatic rings. The molecule has 0 radical (unpaired) electrons. The van der Waals surface area contributed by atoms with Crippen molar-refractivity contribution in [2.75, 3.05) is 13.1 Å². The van der Waals surface area contributed by atoms with E-state index in [4.69, 9.17) is 0 Å².